The molecule has 0 radical (unpaired) electrons. The minimum absolute atomic E-state index is 0.0617. The van der Waals surface area contributed by atoms with Crippen molar-refractivity contribution >= 4 is 5.91 Å². The van der Waals surface area contributed by atoms with Crippen LogP contribution in [0.1, 0.15) is 66.9 Å². The predicted octanol–water partition coefficient (Wildman–Crippen LogP) is 4.45. The lowest BCUT2D eigenvalue weighted by atomic mass is 9.95. The Hall–Kier alpha value is -3.26. The number of aromatic nitrogens is 4. The number of hydrogen-bond donors (Lipinski definition) is 0. The van der Waals surface area contributed by atoms with Crippen LogP contribution in [-0.2, 0) is 0 Å². The molecule has 1 aromatic carbocycles. The molecule has 8 nitrogen and oxygen atoms in total. The first-order valence-corrected chi connectivity index (χ1v) is 12.6. The number of amides is 1. The van der Waals surface area contributed by atoms with Crippen molar-refractivity contribution in [2.45, 2.75) is 58.0 Å². The van der Waals surface area contributed by atoms with E-state index >= 15 is 0 Å². The Morgan fingerprint density at radius 2 is 1.83 bits per heavy atom. The highest BCUT2D eigenvalue weighted by Crippen LogP contribution is 2.29. The van der Waals surface area contributed by atoms with Crippen LogP contribution in [0.2, 0.25) is 0 Å². The van der Waals surface area contributed by atoms with Gasteiger partial charge in [-0.15, -0.1) is 0 Å². The first kappa shape index (κ1) is 23.5. The van der Waals surface area contributed by atoms with Gasteiger partial charge in [0.15, 0.2) is 0 Å². The average Bonchev–Trinajstić information content (AvgIpc) is 3.54. The third kappa shape index (κ3) is 5.37. The van der Waals surface area contributed by atoms with Gasteiger partial charge < -0.3 is 9.64 Å². The van der Waals surface area contributed by atoms with E-state index in [9.17, 15) is 4.79 Å². The maximum atomic E-state index is 13.2. The van der Waals surface area contributed by atoms with Gasteiger partial charge in [-0.1, -0.05) is 18.2 Å². The average molecular weight is 475 g/mol. The van der Waals surface area contributed by atoms with Crippen LogP contribution >= 0.6 is 0 Å². The Morgan fingerprint density at radius 3 is 2.54 bits per heavy atom. The number of para-hydroxylation sites is 1. The molecule has 1 atom stereocenters. The summed E-state index contributed by atoms with van der Waals surface area (Å²) in [6.07, 6.45) is 6.40. The van der Waals surface area contributed by atoms with Crippen molar-refractivity contribution in [1.29, 1.82) is 0 Å². The summed E-state index contributed by atoms with van der Waals surface area (Å²) in [5.41, 5.74) is 1.56. The second-order valence-electron chi connectivity index (χ2n) is 9.93. The molecule has 0 N–H and O–H groups in total. The number of hydrogen-bond acceptors (Lipinski definition) is 6. The topological polar surface area (TPSA) is 76.4 Å². The second kappa shape index (κ2) is 10.2. The highest BCUT2D eigenvalue weighted by atomic mass is 16.5. The molecule has 0 spiro atoms. The number of rotatable bonds is 6. The molecular weight excluding hydrogens is 440 g/mol. The Balaban J connectivity index is 1.19. The van der Waals surface area contributed by atoms with Crippen molar-refractivity contribution < 1.29 is 9.53 Å². The highest BCUT2D eigenvalue weighted by Gasteiger charge is 2.29. The molecule has 35 heavy (non-hydrogen) atoms. The van der Waals surface area contributed by atoms with Crippen LogP contribution in [0, 0.1) is 6.92 Å². The third-order valence-electron chi connectivity index (χ3n) is 7.11. The zero-order chi connectivity index (χ0) is 24.4. The van der Waals surface area contributed by atoms with Gasteiger partial charge in [0, 0.05) is 56.1 Å². The van der Waals surface area contributed by atoms with E-state index in [-0.39, 0.29) is 11.8 Å². The van der Waals surface area contributed by atoms with Crippen molar-refractivity contribution in [3.8, 4) is 11.6 Å². The zero-order valence-electron chi connectivity index (χ0n) is 20.8. The van der Waals surface area contributed by atoms with Gasteiger partial charge in [0.1, 0.15) is 11.6 Å². The normalized spacial score (nSPS) is 19.4. The minimum atomic E-state index is 0.0617. The van der Waals surface area contributed by atoms with Gasteiger partial charge in [-0.25, -0.2) is 4.98 Å². The lowest BCUT2D eigenvalue weighted by Gasteiger charge is -2.31. The number of carbonyl (C=O) groups excluding carboxylic acids is 1. The summed E-state index contributed by atoms with van der Waals surface area (Å²) in [7, 11) is 0. The lowest BCUT2D eigenvalue weighted by molar-refractivity contribution is 0.0710. The number of carbonyl (C=O) groups is 1. The molecule has 0 unspecified atom stereocenters. The van der Waals surface area contributed by atoms with Gasteiger partial charge >= 0.3 is 0 Å². The number of piperidine rings is 1. The molecule has 0 saturated carbocycles. The summed E-state index contributed by atoms with van der Waals surface area (Å²) in [5.74, 6) is 2.39. The smallest absolute Gasteiger partial charge is 0.257 e. The largest absolute Gasteiger partial charge is 0.439 e. The summed E-state index contributed by atoms with van der Waals surface area (Å²) < 4.78 is 7.93. The van der Waals surface area contributed by atoms with Gasteiger partial charge in [0.25, 0.3) is 5.91 Å². The second-order valence-corrected chi connectivity index (χ2v) is 9.93. The third-order valence-corrected chi connectivity index (χ3v) is 7.11. The first-order chi connectivity index (χ1) is 17.0. The fraction of sp³-hybridized carbons (Fsp3) is 0.481. The molecule has 2 fully saturated rings. The van der Waals surface area contributed by atoms with E-state index in [4.69, 9.17) is 9.72 Å². The van der Waals surface area contributed by atoms with E-state index in [0.29, 0.717) is 36.6 Å². The molecule has 184 valence electrons. The number of nitrogens with zero attached hydrogens (tertiary/aromatic N) is 6. The van der Waals surface area contributed by atoms with E-state index in [0.717, 1.165) is 49.6 Å². The Kier molecular flexibility index (Phi) is 6.81. The minimum Gasteiger partial charge on any atom is -0.439 e. The van der Waals surface area contributed by atoms with Crippen LogP contribution in [0.3, 0.4) is 0 Å². The van der Waals surface area contributed by atoms with Gasteiger partial charge in [0.05, 0.1) is 17.8 Å². The maximum Gasteiger partial charge on any atom is 0.257 e. The molecular formula is C27H34N6O2. The van der Waals surface area contributed by atoms with E-state index < -0.39 is 0 Å². The van der Waals surface area contributed by atoms with Crippen molar-refractivity contribution in [3.05, 3.63) is 65.9 Å². The number of benzene rings is 1. The van der Waals surface area contributed by atoms with Crippen LogP contribution in [0.15, 0.2) is 48.8 Å². The molecule has 2 aliphatic rings. The van der Waals surface area contributed by atoms with E-state index in [1.165, 1.54) is 0 Å². The summed E-state index contributed by atoms with van der Waals surface area (Å²) in [5, 5.41) is 4.53. The fourth-order valence-corrected chi connectivity index (χ4v) is 5.03. The van der Waals surface area contributed by atoms with Crippen molar-refractivity contribution in [3.63, 3.8) is 0 Å². The van der Waals surface area contributed by atoms with Crippen LogP contribution in [0.5, 0.6) is 11.6 Å². The molecule has 5 rings (SSSR count). The van der Waals surface area contributed by atoms with Crippen LogP contribution in [-0.4, -0.2) is 67.7 Å². The van der Waals surface area contributed by atoms with E-state index in [2.05, 4.69) is 28.8 Å². The Morgan fingerprint density at radius 1 is 1.06 bits per heavy atom. The van der Waals surface area contributed by atoms with Gasteiger partial charge in [0.2, 0.25) is 5.88 Å². The molecule has 2 aromatic heterocycles. The maximum absolute atomic E-state index is 13.2. The van der Waals surface area contributed by atoms with Gasteiger partial charge in [-0.05, 0) is 52.2 Å². The zero-order valence-corrected chi connectivity index (χ0v) is 20.8. The molecule has 3 aromatic rings. The van der Waals surface area contributed by atoms with E-state index in [1.54, 1.807) is 6.20 Å². The number of likely N-dealkylation sites (tertiary alicyclic amines) is 2. The molecule has 4 heterocycles. The predicted molar refractivity (Wildman–Crippen MR) is 134 cm³/mol. The quantitative estimate of drug-likeness (QED) is 0.525. The Bertz CT molecular complexity index is 1150. The van der Waals surface area contributed by atoms with E-state index in [1.807, 2.05) is 59.1 Å². The summed E-state index contributed by atoms with van der Waals surface area (Å²) in [6, 6.07) is 12.4. The van der Waals surface area contributed by atoms with Crippen LogP contribution < -0.4 is 4.74 Å². The highest BCUT2D eigenvalue weighted by molar-refractivity contribution is 5.93. The standard InChI is InChI=1S/C27H34N6O2/c1-19(2)32-14-11-23(18-32)33-17-22(16-28-33)27(34)31-12-9-21(10-13-31)26-29-20(3)15-25(30-26)35-24-7-5-4-6-8-24/h4-8,15-17,19,21,23H,9-14,18H2,1-3H3/t23-/m0/s1. The molecule has 2 saturated heterocycles. The molecule has 1 amide bonds. The van der Waals surface area contributed by atoms with Gasteiger partial charge in [-0.2, -0.15) is 10.1 Å². The SMILES string of the molecule is Cc1cc(Oc2ccccc2)nc(C2CCN(C(=O)c3cnn([C@H]4CCN(C(C)C)C4)c3)CC2)n1. The Labute approximate surface area is 206 Å². The monoisotopic (exact) mass is 474 g/mol. The van der Waals surface area contributed by atoms with Crippen molar-refractivity contribution in [2.75, 3.05) is 26.2 Å². The van der Waals surface area contributed by atoms with Gasteiger partial charge in [-0.3, -0.25) is 14.4 Å². The molecule has 2 aliphatic heterocycles. The molecule has 0 bridgehead atoms. The molecule has 0 aliphatic carbocycles. The summed E-state index contributed by atoms with van der Waals surface area (Å²) in [6.45, 7) is 9.86. The molecule has 8 heteroatoms. The fourth-order valence-electron chi connectivity index (χ4n) is 5.03. The van der Waals surface area contributed by atoms with Crippen LogP contribution in [0.4, 0.5) is 0 Å². The van der Waals surface area contributed by atoms with Crippen LogP contribution in [0.25, 0.3) is 0 Å². The lowest BCUT2D eigenvalue weighted by Crippen LogP contribution is -2.38. The number of aryl methyl sites for hydroxylation is 1. The summed E-state index contributed by atoms with van der Waals surface area (Å²) in [4.78, 5) is 26.9. The first-order valence-electron chi connectivity index (χ1n) is 12.6. The van der Waals surface area contributed by atoms with Crippen molar-refractivity contribution in [1.82, 2.24) is 29.5 Å². The number of ether oxygens (including phenoxy) is 1. The summed E-state index contributed by atoms with van der Waals surface area (Å²) >= 11 is 0. The van der Waals surface area contributed by atoms with Crippen molar-refractivity contribution in [2.24, 2.45) is 0 Å².